The highest BCUT2D eigenvalue weighted by Crippen LogP contribution is 2.29. The molecule has 0 aromatic carbocycles. The summed E-state index contributed by atoms with van der Waals surface area (Å²) in [6.07, 6.45) is 9.93. The molecule has 2 unspecified atom stereocenters. The Morgan fingerprint density at radius 2 is 2.17 bits per heavy atom. The summed E-state index contributed by atoms with van der Waals surface area (Å²) in [5.41, 5.74) is 0. The van der Waals surface area contributed by atoms with Gasteiger partial charge in [0.1, 0.15) is 5.82 Å². The number of aliphatic hydroxyl groups excluding tert-OH is 1. The molecule has 1 aromatic rings. The molecule has 0 spiro atoms. The molecule has 0 radical (unpaired) electrons. The van der Waals surface area contributed by atoms with E-state index in [0.717, 1.165) is 5.82 Å². The van der Waals surface area contributed by atoms with Crippen LogP contribution in [0.15, 0.2) is 12.4 Å². The van der Waals surface area contributed by atoms with Gasteiger partial charge in [0.15, 0.2) is 0 Å². The quantitative estimate of drug-likeness (QED) is 0.871. The zero-order chi connectivity index (χ0) is 13.0. The van der Waals surface area contributed by atoms with Gasteiger partial charge in [-0.1, -0.05) is 19.3 Å². The molecule has 1 heterocycles. The third-order valence-corrected chi connectivity index (χ3v) is 4.08. The van der Waals surface area contributed by atoms with Gasteiger partial charge < -0.3 is 14.4 Å². The van der Waals surface area contributed by atoms with Crippen LogP contribution in [0.1, 0.15) is 37.9 Å². The number of aliphatic hydroxyl groups is 1. The second kappa shape index (κ2) is 6.34. The van der Waals surface area contributed by atoms with Crippen molar-refractivity contribution in [3.05, 3.63) is 18.2 Å². The van der Waals surface area contributed by atoms with E-state index in [9.17, 15) is 5.11 Å². The van der Waals surface area contributed by atoms with E-state index < -0.39 is 6.10 Å². The van der Waals surface area contributed by atoms with Crippen LogP contribution in [0.4, 0.5) is 0 Å². The van der Waals surface area contributed by atoms with Gasteiger partial charge in [0, 0.05) is 33.0 Å². The number of aryl methyl sites for hydroxylation is 1. The fraction of sp³-hybridized carbons (Fsp3) is 0.786. The van der Waals surface area contributed by atoms with Crippen LogP contribution < -0.4 is 0 Å². The Morgan fingerprint density at radius 3 is 2.72 bits per heavy atom. The van der Waals surface area contributed by atoms with Crippen molar-refractivity contribution in [2.24, 2.45) is 13.0 Å². The van der Waals surface area contributed by atoms with Crippen LogP contribution in [-0.2, 0) is 18.2 Å². The van der Waals surface area contributed by atoms with Crippen molar-refractivity contribution in [1.82, 2.24) is 9.55 Å². The van der Waals surface area contributed by atoms with E-state index in [2.05, 4.69) is 4.98 Å². The second-order valence-corrected chi connectivity index (χ2v) is 5.32. The van der Waals surface area contributed by atoms with Gasteiger partial charge in [0.05, 0.1) is 12.2 Å². The number of rotatable bonds is 5. The average Bonchev–Trinajstić information content (AvgIpc) is 2.77. The molecule has 1 aliphatic carbocycles. The summed E-state index contributed by atoms with van der Waals surface area (Å²) in [7, 11) is 3.67. The van der Waals surface area contributed by atoms with E-state index >= 15 is 0 Å². The van der Waals surface area contributed by atoms with Crippen molar-refractivity contribution < 1.29 is 9.84 Å². The minimum atomic E-state index is -0.459. The van der Waals surface area contributed by atoms with Gasteiger partial charge in [0.25, 0.3) is 0 Å². The highest BCUT2D eigenvalue weighted by atomic mass is 16.5. The van der Waals surface area contributed by atoms with Gasteiger partial charge in [-0.25, -0.2) is 4.98 Å². The molecule has 1 aromatic heterocycles. The van der Waals surface area contributed by atoms with Crippen molar-refractivity contribution in [2.45, 2.75) is 50.7 Å². The monoisotopic (exact) mass is 252 g/mol. The lowest BCUT2D eigenvalue weighted by atomic mass is 9.82. The van der Waals surface area contributed by atoms with Crippen LogP contribution in [-0.4, -0.2) is 34.0 Å². The number of imidazole rings is 1. The zero-order valence-electron chi connectivity index (χ0n) is 11.4. The van der Waals surface area contributed by atoms with Crippen LogP contribution in [0, 0.1) is 5.92 Å². The first kappa shape index (κ1) is 13.6. The Labute approximate surface area is 109 Å². The minimum absolute atomic E-state index is 0.0537. The topological polar surface area (TPSA) is 47.3 Å². The summed E-state index contributed by atoms with van der Waals surface area (Å²) in [6, 6.07) is 0. The van der Waals surface area contributed by atoms with Crippen molar-refractivity contribution in [3.8, 4) is 0 Å². The predicted molar refractivity (Wildman–Crippen MR) is 70.3 cm³/mol. The van der Waals surface area contributed by atoms with Gasteiger partial charge in [-0.15, -0.1) is 0 Å². The normalized spacial score (nSPS) is 20.8. The summed E-state index contributed by atoms with van der Waals surface area (Å²) >= 11 is 0. The summed E-state index contributed by atoms with van der Waals surface area (Å²) in [5, 5.41) is 10.4. The molecular weight excluding hydrogens is 228 g/mol. The van der Waals surface area contributed by atoms with E-state index in [4.69, 9.17) is 4.74 Å². The van der Waals surface area contributed by atoms with Gasteiger partial charge >= 0.3 is 0 Å². The Hall–Kier alpha value is -0.870. The molecule has 1 aliphatic rings. The van der Waals surface area contributed by atoms with Crippen LogP contribution in [0.3, 0.4) is 0 Å². The summed E-state index contributed by atoms with van der Waals surface area (Å²) in [6.45, 7) is 0. The lowest BCUT2D eigenvalue weighted by molar-refractivity contribution is -0.0544. The molecule has 1 fully saturated rings. The molecule has 0 aliphatic heterocycles. The van der Waals surface area contributed by atoms with Gasteiger partial charge in [-0.3, -0.25) is 0 Å². The number of nitrogens with zero attached hydrogens (tertiary/aromatic N) is 2. The third-order valence-electron chi connectivity index (χ3n) is 4.08. The molecule has 102 valence electrons. The van der Waals surface area contributed by atoms with Crippen molar-refractivity contribution in [1.29, 1.82) is 0 Å². The van der Waals surface area contributed by atoms with E-state index in [1.54, 1.807) is 13.3 Å². The lowest BCUT2D eigenvalue weighted by Crippen LogP contribution is -2.38. The van der Waals surface area contributed by atoms with E-state index in [-0.39, 0.29) is 6.10 Å². The summed E-state index contributed by atoms with van der Waals surface area (Å²) < 4.78 is 7.51. The number of hydrogen-bond donors (Lipinski definition) is 1. The van der Waals surface area contributed by atoms with Crippen molar-refractivity contribution in [3.63, 3.8) is 0 Å². The molecule has 2 rings (SSSR count). The fourth-order valence-electron chi connectivity index (χ4n) is 3.02. The van der Waals surface area contributed by atoms with E-state index in [1.165, 1.54) is 32.1 Å². The first-order chi connectivity index (χ1) is 8.72. The molecule has 1 saturated carbocycles. The minimum Gasteiger partial charge on any atom is -0.390 e. The maximum absolute atomic E-state index is 10.4. The van der Waals surface area contributed by atoms with Crippen LogP contribution in [0.25, 0.3) is 0 Å². The highest BCUT2D eigenvalue weighted by Gasteiger charge is 2.30. The largest absolute Gasteiger partial charge is 0.390 e. The van der Waals surface area contributed by atoms with Crippen LogP contribution in [0.2, 0.25) is 0 Å². The van der Waals surface area contributed by atoms with E-state index in [1.807, 2.05) is 17.8 Å². The molecule has 0 saturated heterocycles. The number of hydrogen-bond acceptors (Lipinski definition) is 3. The van der Waals surface area contributed by atoms with Gasteiger partial charge in [-0.2, -0.15) is 0 Å². The van der Waals surface area contributed by atoms with Gasteiger partial charge in [0.2, 0.25) is 0 Å². The lowest BCUT2D eigenvalue weighted by Gasteiger charge is -2.32. The molecule has 1 N–H and O–H groups in total. The van der Waals surface area contributed by atoms with Crippen molar-refractivity contribution >= 4 is 0 Å². The maximum Gasteiger partial charge on any atom is 0.111 e. The van der Waals surface area contributed by atoms with Crippen molar-refractivity contribution in [2.75, 3.05) is 7.11 Å². The van der Waals surface area contributed by atoms with E-state index in [0.29, 0.717) is 12.3 Å². The Balaban J connectivity index is 1.96. The summed E-state index contributed by atoms with van der Waals surface area (Å²) in [4.78, 5) is 4.26. The Bertz CT molecular complexity index is 358. The predicted octanol–water partition coefficient (Wildman–Crippen LogP) is 1.92. The molecule has 0 amide bonds. The second-order valence-electron chi connectivity index (χ2n) is 5.32. The Morgan fingerprint density at radius 1 is 1.44 bits per heavy atom. The first-order valence-corrected chi connectivity index (χ1v) is 6.89. The standard InChI is InChI=1S/C14H24N2O2/c1-16-9-8-15-13(16)10-12(17)14(18-2)11-6-4-3-5-7-11/h8-9,11-12,14,17H,3-7,10H2,1-2H3. The molecular formula is C14H24N2O2. The molecule has 4 heteroatoms. The fourth-order valence-corrected chi connectivity index (χ4v) is 3.02. The average molecular weight is 252 g/mol. The Kier molecular flexibility index (Phi) is 4.78. The van der Waals surface area contributed by atoms with Gasteiger partial charge in [-0.05, 0) is 18.8 Å². The number of methoxy groups -OCH3 is 1. The molecule has 0 bridgehead atoms. The highest BCUT2D eigenvalue weighted by molar-refractivity contribution is 4.95. The maximum atomic E-state index is 10.4. The third kappa shape index (κ3) is 3.12. The SMILES string of the molecule is COC(C(O)Cc1nccn1C)C1CCCCC1. The number of aromatic nitrogens is 2. The smallest absolute Gasteiger partial charge is 0.111 e. The zero-order valence-corrected chi connectivity index (χ0v) is 11.4. The first-order valence-electron chi connectivity index (χ1n) is 6.89. The molecule has 4 nitrogen and oxygen atoms in total. The molecule has 2 atom stereocenters. The number of ether oxygens (including phenoxy) is 1. The summed E-state index contributed by atoms with van der Waals surface area (Å²) in [5.74, 6) is 1.42. The molecule has 18 heavy (non-hydrogen) atoms. The van der Waals surface area contributed by atoms with Crippen LogP contribution in [0.5, 0.6) is 0 Å². The van der Waals surface area contributed by atoms with Crippen LogP contribution >= 0.6 is 0 Å².